The first-order valence-corrected chi connectivity index (χ1v) is 5.90. The first-order chi connectivity index (χ1) is 7.02. The minimum atomic E-state index is -0.0995. The van der Waals surface area contributed by atoms with E-state index in [1.165, 1.54) is 12.8 Å². The predicted octanol–water partition coefficient (Wildman–Crippen LogP) is 3.22. The summed E-state index contributed by atoms with van der Waals surface area (Å²) in [4.78, 5) is 11.8. The van der Waals surface area contributed by atoms with Gasteiger partial charge in [0.25, 0.3) is 0 Å². The topological polar surface area (TPSA) is 26.3 Å². The maximum absolute atomic E-state index is 11.8. The van der Waals surface area contributed by atoms with Gasteiger partial charge in [-0.3, -0.25) is 0 Å². The number of ether oxygens (including phenoxy) is 1. The van der Waals surface area contributed by atoms with E-state index < -0.39 is 0 Å². The van der Waals surface area contributed by atoms with Crippen molar-refractivity contribution in [3.05, 3.63) is 11.1 Å². The molecular weight excluding hydrogens is 188 g/mol. The molecule has 2 saturated carbocycles. The van der Waals surface area contributed by atoms with Crippen LogP contribution in [-0.2, 0) is 9.53 Å². The van der Waals surface area contributed by atoms with Gasteiger partial charge in [-0.1, -0.05) is 5.57 Å². The number of carbonyl (C=O) groups is 1. The van der Waals surface area contributed by atoms with E-state index in [1.807, 2.05) is 20.8 Å². The second-order valence-electron chi connectivity index (χ2n) is 5.35. The van der Waals surface area contributed by atoms with Crippen molar-refractivity contribution in [2.24, 2.45) is 5.92 Å². The fourth-order valence-electron chi connectivity index (χ4n) is 2.76. The number of carbonyl (C=O) groups excluding carboxylic acids is 1. The Bertz CT molecular complexity index is 302. The highest BCUT2D eigenvalue weighted by Gasteiger charge is 2.47. The summed E-state index contributed by atoms with van der Waals surface area (Å²) in [6.07, 6.45) is 5.77. The Morgan fingerprint density at radius 2 is 1.80 bits per heavy atom. The average molecular weight is 208 g/mol. The lowest BCUT2D eigenvalue weighted by Gasteiger charge is -2.27. The number of allylic oxidation sites excluding steroid dienone is 1. The molecule has 15 heavy (non-hydrogen) atoms. The Hall–Kier alpha value is -0.790. The maximum Gasteiger partial charge on any atom is 0.334 e. The molecule has 0 heterocycles. The van der Waals surface area contributed by atoms with Crippen molar-refractivity contribution in [1.29, 1.82) is 0 Å². The Labute approximate surface area is 91.7 Å². The monoisotopic (exact) mass is 208 g/mol. The van der Waals surface area contributed by atoms with Crippen LogP contribution >= 0.6 is 0 Å². The van der Waals surface area contributed by atoms with E-state index in [9.17, 15) is 4.79 Å². The zero-order chi connectivity index (χ0) is 11.1. The largest absolute Gasteiger partial charge is 0.456 e. The molecule has 0 atom stereocenters. The lowest BCUT2D eigenvalue weighted by atomic mass is 9.97. The minimum Gasteiger partial charge on any atom is -0.456 e. The van der Waals surface area contributed by atoms with Crippen molar-refractivity contribution in [3.8, 4) is 0 Å². The maximum atomic E-state index is 11.8. The number of rotatable bonds is 2. The molecule has 0 aromatic carbocycles. The van der Waals surface area contributed by atoms with Gasteiger partial charge in [0.05, 0.1) is 0 Å². The quantitative estimate of drug-likeness (QED) is 0.514. The van der Waals surface area contributed by atoms with Gasteiger partial charge in [-0.15, -0.1) is 0 Å². The summed E-state index contributed by atoms with van der Waals surface area (Å²) in [7, 11) is 0. The van der Waals surface area contributed by atoms with Crippen LogP contribution in [0, 0.1) is 5.92 Å². The third-order valence-electron chi connectivity index (χ3n) is 4.04. The van der Waals surface area contributed by atoms with E-state index in [0.717, 1.165) is 36.3 Å². The van der Waals surface area contributed by atoms with Crippen molar-refractivity contribution in [2.45, 2.75) is 58.5 Å². The molecule has 0 saturated heterocycles. The van der Waals surface area contributed by atoms with Crippen molar-refractivity contribution in [3.63, 3.8) is 0 Å². The van der Waals surface area contributed by atoms with Crippen molar-refractivity contribution >= 4 is 5.97 Å². The summed E-state index contributed by atoms with van der Waals surface area (Å²) in [5.74, 6) is 0.724. The van der Waals surface area contributed by atoms with Gasteiger partial charge in [0.15, 0.2) is 0 Å². The molecule has 0 spiro atoms. The first-order valence-electron chi connectivity index (χ1n) is 5.90. The molecule has 2 heteroatoms. The van der Waals surface area contributed by atoms with Gasteiger partial charge < -0.3 is 4.74 Å². The van der Waals surface area contributed by atoms with E-state index in [0.29, 0.717) is 0 Å². The smallest absolute Gasteiger partial charge is 0.334 e. The summed E-state index contributed by atoms with van der Waals surface area (Å²) >= 11 is 0. The summed E-state index contributed by atoms with van der Waals surface area (Å²) in [5, 5.41) is 0. The fourth-order valence-corrected chi connectivity index (χ4v) is 2.76. The van der Waals surface area contributed by atoms with E-state index in [2.05, 4.69) is 0 Å². The molecule has 2 fully saturated rings. The van der Waals surface area contributed by atoms with Crippen LogP contribution in [0.4, 0.5) is 0 Å². The Morgan fingerprint density at radius 1 is 1.20 bits per heavy atom. The van der Waals surface area contributed by atoms with Gasteiger partial charge in [-0.25, -0.2) is 4.79 Å². The lowest BCUT2D eigenvalue weighted by Crippen LogP contribution is -2.30. The third-order valence-corrected chi connectivity index (χ3v) is 4.04. The summed E-state index contributed by atoms with van der Waals surface area (Å²) < 4.78 is 5.72. The number of hydrogen-bond acceptors (Lipinski definition) is 2. The molecule has 0 N–H and O–H groups in total. The summed E-state index contributed by atoms with van der Waals surface area (Å²) in [6.45, 7) is 5.77. The summed E-state index contributed by atoms with van der Waals surface area (Å²) in [6, 6.07) is 0. The second-order valence-corrected chi connectivity index (χ2v) is 5.35. The third kappa shape index (κ3) is 1.95. The summed E-state index contributed by atoms with van der Waals surface area (Å²) in [5.41, 5.74) is 1.75. The molecule has 0 amide bonds. The zero-order valence-electron chi connectivity index (χ0n) is 9.93. The molecule has 0 aliphatic heterocycles. The standard InChI is InChI=1S/C13H20O2/c1-9(2)10(3)12(14)15-13-6-4-11(8-13)5-7-13/h11H,4-8H2,1-3H3. The molecular formula is C13H20O2. The van der Waals surface area contributed by atoms with Crippen LogP contribution in [0.25, 0.3) is 0 Å². The zero-order valence-corrected chi connectivity index (χ0v) is 9.93. The molecule has 0 aromatic rings. The molecule has 2 nitrogen and oxygen atoms in total. The molecule has 2 bridgehead atoms. The highest BCUT2D eigenvalue weighted by atomic mass is 16.6. The Kier molecular flexibility index (Phi) is 2.61. The minimum absolute atomic E-state index is 0.0849. The molecule has 2 aliphatic carbocycles. The highest BCUT2D eigenvalue weighted by molar-refractivity contribution is 5.88. The van der Waals surface area contributed by atoms with E-state index in [4.69, 9.17) is 4.74 Å². The van der Waals surface area contributed by atoms with Crippen LogP contribution in [0.15, 0.2) is 11.1 Å². The van der Waals surface area contributed by atoms with Crippen LogP contribution in [0.2, 0.25) is 0 Å². The SMILES string of the molecule is CC(C)=C(C)C(=O)OC12CCC(CC1)C2. The van der Waals surface area contributed by atoms with Gasteiger partial charge in [-0.2, -0.15) is 0 Å². The van der Waals surface area contributed by atoms with Crippen molar-refractivity contribution in [1.82, 2.24) is 0 Å². The Morgan fingerprint density at radius 3 is 2.20 bits per heavy atom. The van der Waals surface area contributed by atoms with E-state index >= 15 is 0 Å². The number of fused-ring (bicyclic) bond motifs is 2. The predicted molar refractivity (Wildman–Crippen MR) is 59.4 cm³/mol. The normalized spacial score (nSPS) is 32.9. The van der Waals surface area contributed by atoms with Crippen LogP contribution in [0.3, 0.4) is 0 Å². The highest BCUT2D eigenvalue weighted by Crippen LogP contribution is 2.50. The van der Waals surface area contributed by atoms with Gasteiger partial charge in [-0.05, 0) is 58.8 Å². The average Bonchev–Trinajstić information content (AvgIpc) is 2.75. The van der Waals surface area contributed by atoms with E-state index in [-0.39, 0.29) is 11.6 Å². The van der Waals surface area contributed by atoms with Crippen molar-refractivity contribution in [2.75, 3.05) is 0 Å². The van der Waals surface area contributed by atoms with Crippen molar-refractivity contribution < 1.29 is 9.53 Å². The molecule has 2 aliphatic rings. The van der Waals surface area contributed by atoms with E-state index in [1.54, 1.807) is 0 Å². The van der Waals surface area contributed by atoms with Gasteiger partial charge in [0, 0.05) is 5.57 Å². The Balaban J connectivity index is 2.03. The first kappa shape index (κ1) is 10.7. The molecule has 0 aromatic heterocycles. The molecule has 84 valence electrons. The molecule has 0 unspecified atom stereocenters. The fraction of sp³-hybridized carbons (Fsp3) is 0.769. The number of esters is 1. The van der Waals surface area contributed by atoms with Gasteiger partial charge in [0.2, 0.25) is 0 Å². The van der Waals surface area contributed by atoms with Crippen LogP contribution in [0.5, 0.6) is 0 Å². The van der Waals surface area contributed by atoms with Crippen LogP contribution < -0.4 is 0 Å². The van der Waals surface area contributed by atoms with Gasteiger partial charge in [0.1, 0.15) is 5.60 Å². The van der Waals surface area contributed by atoms with Crippen LogP contribution in [0.1, 0.15) is 52.9 Å². The van der Waals surface area contributed by atoms with Gasteiger partial charge >= 0.3 is 5.97 Å². The van der Waals surface area contributed by atoms with Crippen LogP contribution in [-0.4, -0.2) is 11.6 Å². The lowest BCUT2D eigenvalue weighted by molar-refractivity contribution is -0.153. The number of hydrogen-bond donors (Lipinski definition) is 0. The molecule has 2 rings (SSSR count). The second kappa shape index (κ2) is 3.66. The molecule has 0 radical (unpaired) electrons.